The van der Waals surface area contributed by atoms with Crippen molar-refractivity contribution in [3.8, 4) is 0 Å². The van der Waals surface area contributed by atoms with Crippen molar-refractivity contribution >= 4 is 46.3 Å². The Labute approximate surface area is 93.8 Å². The van der Waals surface area contributed by atoms with Crippen LogP contribution in [0.25, 0.3) is 0 Å². The second-order valence-electron chi connectivity index (χ2n) is 2.14. The third kappa shape index (κ3) is 2.43. The van der Waals surface area contributed by atoms with Gasteiger partial charge in [0, 0.05) is 0 Å². The molecular formula is C7H5Cl2NO3S. The average Bonchev–Trinajstić information content (AvgIpc) is 2.44. The van der Waals surface area contributed by atoms with E-state index in [0.29, 0.717) is 0 Å². The van der Waals surface area contributed by atoms with Crippen LogP contribution in [0.4, 0.5) is 0 Å². The number of ketones is 1. The van der Waals surface area contributed by atoms with Crippen LogP contribution in [0.3, 0.4) is 0 Å². The van der Waals surface area contributed by atoms with Gasteiger partial charge in [0.1, 0.15) is 4.88 Å². The van der Waals surface area contributed by atoms with Gasteiger partial charge in [0.25, 0.3) is 5.78 Å². The summed E-state index contributed by atoms with van der Waals surface area (Å²) in [5.41, 5.74) is 0. The van der Waals surface area contributed by atoms with E-state index >= 15 is 0 Å². The SMILES string of the molecule is CCOC(=O)C(=O)c1sc(Cl)nc1Cl. The predicted octanol–water partition coefficient (Wildman–Crippen LogP) is 2.20. The number of aromatic nitrogens is 1. The average molecular weight is 254 g/mol. The number of nitrogens with zero attached hydrogens (tertiary/aromatic N) is 1. The Morgan fingerprint density at radius 3 is 2.57 bits per heavy atom. The van der Waals surface area contributed by atoms with Crippen molar-refractivity contribution in [1.29, 1.82) is 0 Å². The molecule has 1 aromatic heterocycles. The maximum Gasteiger partial charge on any atom is 0.380 e. The number of ether oxygens (including phenoxy) is 1. The summed E-state index contributed by atoms with van der Waals surface area (Å²) in [4.78, 5) is 25.9. The van der Waals surface area contributed by atoms with Crippen LogP contribution < -0.4 is 0 Å². The number of hydrogen-bond donors (Lipinski definition) is 0. The molecule has 14 heavy (non-hydrogen) atoms. The molecular weight excluding hydrogens is 249 g/mol. The van der Waals surface area contributed by atoms with Crippen molar-refractivity contribution in [2.75, 3.05) is 6.61 Å². The van der Waals surface area contributed by atoms with E-state index in [1.807, 2.05) is 0 Å². The molecule has 0 saturated carbocycles. The van der Waals surface area contributed by atoms with Crippen LogP contribution in [0.2, 0.25) is 9.62 Å². The Morgan fingerprint density at radius 1 is 1.50 bits per heavy atom. The zero-order valence-electron chi connectivity index (χ0n) is 7.04. The monoisotopic (exact) mass is 253 g/mol. The van der Waals surface area contributed by atoms with Crippen LogP contribution in [-0.4, -0.2) is 23.3 Å². The lowest BCUT2D eigenvalue weighted by Crippen LogP contribution is -2.16. The van der Waals surface area contributed by atoms with Crippen LogP contribution in [0.15, 0.2) is 0 Å². The number of rotatable bonds is 3. The molecule has 1 heterocycles. The summed E-state index contributed by atoms with van der Waals surface area (Å²) in [6, 6.07) is 0. The van der Waals surface area contributed by atoms with Crippen molar-refractivity contribution in [2.24, 2.45) is 0 Å². The van der Waals surface area contributed by atoms with Crippen LogP contribution in [0.1, 0.15) is 16.6 Å². The topological polar surface area (TPSA) is 56.3 Å². The minimum Gasteiger partial charge on any atom is -0.460 e. The summed E-state index contributed by atoms with van der Waals surface area (Å²) in [6.07, 6.45) is 0. The molecule has 0 aliphatic heterocycles. The van der Waals surface area contributed by atoms with Gasteiger partial charge in [-0.15, -0.1) is 0 Å². The molecule has 0 fully saturated rings. The molecule has 0 amide bonds. The van der Waals surface area contributed by atoms with E-state index < -0.39 is 11.8 Å². The number of thiazole rings is 1. The fourth-order valence-corrected chi connectivity index (χ4v) is 2.01. The molecule has 7 heteroatoms. The van der Waals surface area contributed by atoms with Crippen molar-refractivity contribution in [3.63, 3.8) is 0 Å². The van der Waals surface area contributed by atoms with Gasteiger partial charge in [-0.2, -0.15) is 0 Å². The molecule has 76 valence electrons. The quantitative estimate of drug-likeness (QED) is 0.471. The van der Waals surface area contributed by atoms with Gasteiger partial charge < -0.3 is 4.74 Å². The Kier molecular flexibility index (Phi) is 3.86. The fraction of sp³-hybridized carbons (Fsp3) is 0.286. The molecule has 0 aliphatic rings. The number of esters is 1. The van der Waals surface area contributed by atoms with E-state index in [0.717, 1.165) is 11.3 Å². The highest BCUT2D eigenvalue weighted by molar-refractivity contribution is 7.18. The third-order valence-corrected chi connectivity index (χ3v) is 2.77. The molecule has 0 unspecified atom stereocenters. The largest absolute Gasteiger partial charge is 0.460 e. The molecule has 1 aromatic rings. The summed E-state index contributed by atoms with van der Waals surface area (Å²) in [5.74, 6) is -1.77. The Balaban J connectivity index is 2.89. The van der Waals surface area contributed by atoms with Gasteiger partial charge >= 0.3 is 5.97 Å². The molecule has 4 nitrogen and oxygen atoms in total. The lowest BCUT2D eigenvalue weighted by Gasteiger charge is -1.97. The minimum atomic E-state index is -0.949. The second-order valence-corrected chi connectivity index (χ2v) is 4.08. The highest BCUT2D eigenvalue weighted by atomic mass is 35.5. The van der Waals surface area contributed by atoms with Gasteiger partial charge in [-0.05, 0) is 6.92 Å². The van der Waals surface area contributed by atoms with E-state index in [4.69, 9.17) is 23.2 Å². The van der Waals surface area contributed by atoms with E-state index in [1.165, 1.54) is 0 Å². The molecule has 0 saturated heterocycles. The zero-order chi connectivity index (χ0) is 10.7. The number of hydrogen-bond acceptors (Lipinski definition) is 5. The highest BCUT2D eigenvalue weighted by Crippen LogP contribution is 2.27. The first-order valence-electron chi connectivity index (χ1n) is 3.59. The van der Waals surface area contributed by atoms with Crippen molar-refractivity contribution in [2.45, 2.75) is 6.92 Å². The first-order chi connectivity index (χ1) is 6.56. The first-order valence-corrected chi connectivity index (χ1v) is 5.16. The minimum absolute atomic E-state index is 0.00937. The summed E-state index contributed by atoms with van der Waals surface area (Å²) in [5, 5.41) is -0.0712. The Hall–Kier alpha value is -0.650. The van der Waals surface area contributed by atoms with Gasteiger partial charge in [-0.25, -0.2) is 9.78 Å². The van der Waals surface area contributed by atoms with Crippen LogP contribution in [0, 0.1) is 0 Å². The summed E-state index contributed by atoms with van der Waals surface area (Å²) in [6.45, 7) is 1.74. The lowest BCUT2D eigenvalue weighted by molar-refractivity contribution is -0.137. The normalized spacial score (nSPS) is 9.93. The molecule has 0 aromatic carbocycles. The number of Topliss-reactive ketones (excluding diaryl/α,β-unsaturated/α-hetero) is 1. The number of halogens is 2. The summed E-state index contributed by atoms with van der Waals surface area (Å²) >= 11 is 11.9. The van der Waals surface area contributed by atoms with E-state index in [-0.39, 0.29) is 21.1 Å². The van der Waals surface area contributed by atoms with Gasteiger partial charge in [-0.1, -0.05) is 34.5 Å². The molecule has 0 radical (unpaired) electrons. The van der Waals surface area contributed by atoms with E-state index in [2.05, 4.69) is 9.72 Å². The van der Waals surface area contributed by atoms with Gasteiger partial charge in [0.05, 0.1) is 6.61 Å². The molecule has 0 N–H and O–H groups in total. The summed E-state index contributed by atoms with van der Waals surface area (Å²) in [7, 11) is 0. The van der Waals surface area contributed by atoms with Crippen LogP contribution in [-0.2, 0) is 9.53 Å². The van der Waals surface area contributed by atoms with Crippen molar-refractivity contribution < 1.29 is 14.3 Å². The molecule has 0 spiro atoms. The maximum atomic E-state index is 11.3. The molecule has 0 bridgehead atoms. The second kappa shape index (κ2) is 4.72. The maximum absolute atomic E-state index is 11.3. The fourth-order valence-electron chi connectivity index (χ4n) is 0.706. The van der Waals surface area contributed by atoms with Gasteiger partial charge in [0.2, 0.25) is 0 Å². The van der Waals surface area contributed by atoms with Gasteiger partial charge in [0.15, 0.2) is 9.62 Å². The standard InChI is InChI=1S/C7H5Cl2NO3S/c1-2-13-6(12)3(11)4-5(8)10-7(9)14-4/h2H2,1H3. The predicted molar refractivity (Wildman–Crippen MR) is 53.1 cm³/mol. The molecule has 1 rings (SSSR count). The lowest BCUT2D eigenvalue weighted by atomic mass is 10.3. The van der Waals surface area contributed by atoms with Gasteiger partial charge in [-0.3, -0.25) is 4.79 Å². The summed E-state index contributed by atoms with van der Waals surface area (Å²) < 4.78 is 4.62. The van der Waals surface area contributed by atoms with E-state index in [1.54, 1.807) is 6.92 Å². The first kappa shape index (κ1) is 11.4. The molecule has 0 atom stereocenters. The smallest absolute Gasteiger partial charge is 0.380 e. The number of carbonyl (C=O) groups is 2. The van der Waals surface area contributed by atoms with Crippen LogP contribution in [0.5, 0.6) is 0 Å². The Morgan fingerprint density at radius 2 is 2.14 bits per heavy atom. The molecule has 0 aliphatic carbocycles. The van der Waals surface area contributed by atoms with Crippen LogP contribution >= 0.6 is 34.5 Å². The number of carbonyl (C=O) groups excluding carboxylic acids is 2. The Bertz CT molecular complexity index is 377. The highest BCUT2D eigenvalue weighted by Gasteiger charge is 2.23. The van der Waals surface area contributed by atoms with E-state index in [9.17, 15) is 9.59 Å². The van der Waals surface area contributed by atoms with Crippen molar-refractivity contribution in [1.82, 2.24) is 4.98 Å². The van der Waals surface area contributed by atoms with Crippen molar-refractivity contribution in [3.05, 3.63) is 14.5 Å². The zero-order valence-corrected chi connectivity index (χ0v) is 9.37. The third-order valence-electron chi connectivity index (χ3n) is 1.23.